The Bertz CT molecular complexity index is 579. The molecule has 4 rings (SSSR count). The van der Waals surface area contributed by atoms with Crippen LogP contribution in [0.1, 0.15) is 19.3 Å². The van der Waals surface area contributed by atoms with E-state index in [1.54, 1.807) is 11.3 Å². The summed E-state index contributed by atoms with van der Waals surface area (Å²) in [7, 11) is 0. The topological polar surface area (TPSA) is 56.8 Å². The van der Waals surface area contributed by atoms with Crippen molar-refractivity contribution in [1.82, 2.24) is 14.8 Å². The van der Waals surface area contributed by atoms with Gasteiger partial charge >= 0.3 is 0 Å². The summed E-state index contributed by atoms with van der Waals surface area (Å²) < 4.78 is 0. The summed E-state index contributed by atoms with van der Waals surface area (Å²) in [6, 6.07) is 0. The summed E-state index contributed by atoms with van der Waals surface area (Å²) in [5, 5.41) is 3.01. The minimum absolute atomic E-state index is 0.132. The average Bonchev–Trinajstić information content (AvgIpc) is 3.08. The normalized spacial score (nSPS) is 25.3. The van der Waals surface area contributed by atoms with Crippen LogP contribution in [0.5, 0.6) is 0 Å². The Morgan fingerprint density at radius 2 is 2.04 bits per heavy atom. The lowest BCUT2D eigenvalue weighted by molar-refractivity contribution is -0.136. The number of hydrogen-bond donors (Lipinski definition) is 0. The molecule has 3 aliphatic rings. The second-order valence-corrected chi connectivity index (χ2v) is 7.64. The van der Waals surface area contributed by atoms with Crippen molar-refractivity contribution in [2.45, 2.75) is 19.3 Å². The van der Waals surface area contributed by atoms with E-state index in [4.69, 9.17) is 0 Å². The monoisotopic (exact) mass is 334 g/mol. The maximum absolute atomic E-state index is 12.7. The summed E-state index contributed by atoms with van der Waals surface area (Å²) in [5.74, 6) is 0.884. The SMILES string of the molecule is O=C1CC(C(=O)N2CCN(c3nccs3)CC2)CN1CC1CC1. The molecule has 3 heterocycles. The van der Waals surface area contributed by atoms with Crippen molar-refractivity contribution in [2.24, 2.45) is 11.8 Å². The maximum Gasteiger partial charge on any atom is 0.228 e. The highest BCUT2D eigenvalue weighted by molar-refractivity contribution is 7.13. The van der Waals surface area contributed by atoms with Gasteiger partial charge in [0.25, 0.3) is 0 Å². The highest BCUT2D eigenvalue weighted by atomic mass is 32.1. The predicted octanol–water partition coefficient (Wildman–Crippen LogP) is 1.05. The highest BCUT2D eigenvalue weighted by Crippen LogP contribution is 2.32. The molecule has 2 aliphatic heterocycles. The van der Waals surface area contributed by atoms with E-state index in [1.165, 1.54) is 12.8 Å². The minimum Gasteiger partial charge on any atom is -0.345 e. The van der Waals surface area contributed by atoms with E-state index in [0.29, 0.717) is 18.9 Å². The molecule has 1 unspecified atom stereocenters. The van der Waals surface area contributed by atoms with E-state index in [1.807, 2.05) is 21.4 Å². The van der Waals surface area contributed by atoms with Gasteiger partial charge in [0.05, 0.1) is 5.92 Å². The number of piperazine rings is 1. The average molecular weight is 334 g/mol. The maximum atomic E-state index is 12.7. The number of nitrogens with zero attached hydrogens (tertiary/aromatic N) is 4. The van der Waals surface area contributed by atoms with Crippen molar-refractivity contribution in [1.29, 1.82) is 0 Å². The molecule has 0 spiro atoms. The van der Waals surface area contributed by atoms with Crippen LogP contribution in [0.3, 0.4) is 0 Å². The van der Waals surface area contributed by atoms with Gasteiger partial charge in [-0.15, -0.1) is 11.3 Å². The van der Waals surface area contributed by atoms with Gasteiger partial charge in [-0.2, -0.15) is 0 Å². The molecule has 3 fully saturated rings. The lowest BCUT2D eigenvalue weighted by Gasteiger charge is -2.35. The van der Waals surface area contributed by atoms with Gasteiger partial charge in [-0.1, -0.05) is 0 Å². The molecule has 1 aromatic heterocycles. The summed E-state index contributed by atoms with van der Waals surface area (Å²) in [6.45, 7) is 4.59. The zero-order valence-corrected chi connectivity index (χ0v) is 14.0. The zero-order chi connectivity index (χ0) is 15.8. The van der Waals surface area contributed by atoms with Crippen LogP contribution in [0.2, 0.25) is 0 Å². The van der Waals surface area contributed by atoms with Gasteiger partial charge < -0.3 is 14.7 Å². The number of hydrogen-bond acceptors (Lipinski definition) is 5. The number of rotatable bonds is 4. The Hall–Kier alpha value is -1.63. The molecular weight excluding hydrogens is 312 g/mol. The second kappa shape index (κ2) is 6.11. The molecule has 1 saturated carbocycles. The van der Waals surface area contributed by atoms with Crippen LogP contribution < -0.4 is 4.90 Å². The Kier molecular flexibility index (Phi) is 3.97. The van der Waals surface area contributed by atoms with Gasteiger partial charge in [-0.05, 0) is 18.8 Å². The largest absolute Gasteiger partial charge is 0.345 e. The lowest BCUT2D eigenvalue weighted by Crippen LogP contribution is -2.50. The van der Waals surface area contributed by atoms with Crippen LogP contribution in [0.25, 0.3) is 0 Å². The smallest absolute Gasteiger partial charge is 0.228 e. The first-order valence-corrected chi connectivity index (χ1v) is 9.29. The molecule has 2 amide bonds. The molecule has 124 valence electrons. The van der Waals surface area contributed by atoms with Crippen molar-refractivity contribution in [3.8, 4) is 0 Å². The Morgan fingerprint density at radius 3 is 2.70 bits per heavy atom. The van der Waals surface area contributed by atoms with Crippen molar-refractivity contribution in [2.75, 3.05) is 44.2 Å². The molecule has 0 radical (unpaired) electrons. The molecule has 1 aromatic rings. The van der Waals surface area contributed by atoms with Gasteiger partial charge in [0, 0.05) is 57.3 Å². The van der Waals surface area contributed by atoms with Crippen molar-refractivity contribution in [3.05, 3.63) is 11.6 Å². The first kappa shape index (κ1) is 14.9. The highest BCUT2D eigenvalue weighted by Gasteiger charge is 2.39. The van der Waals surface area contributed by atoms with Gasteiger partial charge in [0.15, 0.2) is 5.13 Å². The van der Waals surface area contributed by atoms with E-state index >= 15 is 0 Å². The third-order valence-corrected chi connectivity index (χ3v) is 5.85. The lowest BCUT2D eigenvalue weighted by atomic mass is 10.1. The van der Waals surface area contributed by atoms with Crippen molar-refractivity contribution < 1.29 is 9.59 Å². The summed E-state index contributed by atoms with van der Waals surface area (Å²) in [6.07, 6.45) is 4.69. The summed E-state index contributed by atoms with van der Waals surface area (Å²) >= 11 is 1.64. The van der Waals surface area contributed by atoms with Gasteiger partial charge in [-0.25, -0.2) is 4.98 Å². The second-order valence-electron chi connectivity index (χ2n) is 6.77. The number of anilines is 1. The van der Waals surface area contributed by atoms with Crippen LogP contribution in [-0.4, -0.2) is 65.9 Å². The molecule has 1 atom stereocenters. The molecule has 2 saturated heterocycles. The van der Waals surface area contributed by atoms with Gasteiger partial charge in [0.2, 0.25) is 11.8 Å². The molecular formula is C16H22N4O2S. The van der Waals surface area contributed by atoms with Gasteiger partial charge in [0.1, 0.15) is 0 Å². The standard InChI is InChI=1S/C16H22N4O2S/c21-14-9-13(11-20(14)10-12-1-2-12)15(22)18-4-6-19(7-5-18)16-17-3-8-23-16/h3,8,12-13H,1-2,4-7,9-11H2. The van der Waals surface area contributed by atoms with Crippen LogP contribution >= 0.6 is 11.3 Å². The van der Waals surface area contributed by atoms with E-state index in [0.717, 1.165) is 37.9 Å². The number of likely N-dealkylation sites (tertiary alicyclic amines) is 1. The van der Waals surface area contributed by atoms with Crippen LogP contribution in [0.4, 0.5) is 5.13 Å². The molecule has 7 heteroatoms. The molecule has 0 aromatic carbocycles. The minimum atomic E-state index is -0.132. The molecule has 23 heavy (non-hydrogen) atoms. The van der Waals surface area contributed by atoms with Crippen molar-refractivity contribution in [3.63, 3.8) is 0 Å². The fourth-order valence-corrected chi connectivity index (χ4v) is 4.17. The number of carbonyl (C=O) groups excluding carboxylic acids is 2. The van der Waals surface area contributed by atoms with Crippen LogP contribution in [0, 0.1) is 11.8 Å². The number of aromatic nitrogens is 1. The summed E-state index contributed by atoms with van der Waals surface area (Å²) in [4.78, 5) is 35.2. The summed E-state index contributed by atoms with van der Waals surface area (Å²) in [5.41, 5.74) is 0. The van der Waals surface area contributed by atoms with E-state index < -0.39 is 0 Å². The first-order valence-electron chi connectivity index (χ1n) is 8.41. The van der Waals surface area contributed by atoms with Crippen LogP contribution in [-0.2, 0) is 9.59 Å². The van der Waals surface area contributed by atoms with Crippen LogP contribution in [0.15, 0.2) is 11.6 Å². The van der Waals surface area contributed by atoms with E-state index in [9.17, 15) is 9.59 Å². The molecule has 0 N–H and O–H groups in total. The fraction of sp³-hybridized carbons (Fsp3) is 0.688. The third kappa shape index (κ3) is 3.20. The quantitative estimate of drug-likeness (QED) is 0.826. The molecule has 6 nitrogen and oxygen atoms in total. The number of thiazole rings is 1. The Morgan fingerprint density at radius 1 is 1.26 bits per heavy atom. The molecule has 0 bridgehead atoms. The van der Waals surface area contributed by atoms with E-state index in [2.05, 4.69) is 9.88 Å². The van der Waals surface area contributed by atoms with Gasteiger partial charge in [-0.3, -0.25) is 9.59 Å². The number of carbonyl (C=O) groups is 2. The fourth-order valence-electron chi connectivity index (χ4n) is 3.47. The zero-order valence-electron chi connectivity index (χ0n) is 13.2. The Balaban J connectivity index is 1.30. The van der Waals surface area contributed by atoms with E-state index in [-0.39, 0.29) is 17.7 Å². The van der Waals surface area contributed by atoms with Crippen molar-refractivity contribution >= 4 is 28.3 Å². The predicted molar refractivity (Wildman–Crippen MR) is 88.3 cm³/mol. The first-order chi connectivity index (χ1) is 11.2. The third-order valence-electron chi connectivity index (χ3n) is 5.02. The Labute approximate surface area is 140 Å². The number of amides is 2. The molecule has 1 aliphatic carbocycles.